The van der Waals surface area contributed by atoms with Gasteiger partial charge in [-0.3, -0.25) is 4.79 Å². The Labute approximate surface area is 173 Å². The molecule has 0 atom stereocenters. The molecule has 1 N–H and O–H groups in total. The van der Waals surface area contributed by atoms with Crippen LogP contribution in [-0.4, -0.2) is 30.8 Å². The number of carbonyl (C=O) groups excluding carboxylic acids is 1. The van der Waals surface area contributed by atoms with Crippen molar-refractivity contribution in [1.82, 2.24) is 30.2 Å². The summed E-state index contributed by atoms with van der Waals surface area (Å²) in [5.74, 6) is 1.63. The molecule has 0 spiro atoms. The number of amides is 1. The van der Waals surface area contributed by atoms with Gasteiger partial charge in [0.1, 0.15) is 0 Å². The Kier molecular flexibility index (Phi) is 5.69. The largest absolute Gasteiger partial charge is 0.347 e. The van der Waals surface area contributed by atoms with Crippen molar-refractivity contribution in [3.8, 4) is 22.9 Å². The average molecular weight is 406 g/mol. The van der Waals surface area contributed by atoms with Crippen LogP contribution >= 0.6 is 0 Å². The first kappa shape index (κ1) is 19.6. The minimum Gasteiger partial charge on any atom is -0.347 e. The van der Waals surface area contributed by atoms with Crippen LogP contribution in [0.2, 0.25) is 0 Å². The summed E-state index contributed by atoms with van der Waals surface area (Å²) in [6.45, 7) is 5.00. The van der Waals surface area contributed by atoms with E-state index in [-0.39, 0.29) is 18.9 Å². The maximum Gasteiger partial charge on any atom is 0.246 e. The lowest BCUT2D eigenvalue weighted by Crippen LogP contribution is -2.23. The molecule has 0 aliphatic rings. The molecule has 0 aliphatic heterocycles. The summed E-state index contributed by atoms with van der Waals surface area (Å²) in [6, 6.07) is 11.7. The molecule has 0 saturated heterocycles. The summed E-state index contributed by atoms with van der Waals surface area (Å²) in [6.07, 6.45) is 2.52. The third kappa shape index (κ3) is 4.29. The van der Waals surface area contributed by atoms with Crippen molar-refractivity contribution in [3.63, 3.8) is 0 Å². The van der Waals surface area contributed by atoms with Crippen LogP contribution in [0, 0.1) is 6.92 Å². The van der Waals surface area contributed by atoms with Gasteiger partial charge in [-0.15, -0.1) is 0 Å². The van der Waals surface area contributed by atoms with Crippen molar-refractivity contribution in [2.24, 2.45) is 0 Å². The van der Waals surface area contributed by atoms with E-state index in [0.29, 0.717) is 29.9 Å². The standard InChI is InChI=1S/C21H22N6O3/c1-3-27-12-6-9-16(27)21-24-19(30-26-21)13-22-17(28)10-11-18-23-20(25-29-18)15-8-5-4-7-14(15)2/h4-9,12H,3,10-11,13H2,1-2H3,(H,22,28). The monoisotopic (exact) mass is 406 g/mol. The van der Waals surface area contributed by atoms with E-state index in [9.17, 15) is 4.79 Å². The highest BCUT2D eigenvalue weighted by Crippen LogP contribution is 2.20. The fraction of sp³-hybridized carbons (Fsp3) is 0.286. The number of aromatic nitrogens is 5. The van der Waals surface area contributed by atoms with Gasteiger partial charge >= 0.3 is 0 Å². The van der Waals surface area contributed by atoms with Crippen molar-refractivity contribution in [1.29, 1.82) is 0 Å². The highest BCUT2D eigenvalue weighted by Gasteiger charge is 2.14. The first-order valence-corrected chi connectivity index (χ1v) is 9.77. The zero-order chi connectivity index (χ0) is 20.9. The van der Waals surface area contributed by atoms with Crippen LogP contribution in [-0.2, 0) is 24.3 Å². The summed E-state index contributed by atoms with van der Waals surface area (Å²) in [5, 5.41) is 10.8. The lowest BCUT2D eigenvalue weighted by atomic mass is 10.1. The fourth-order valence-corrected chi connectivity index (χ4v) is 3.10. The molecular formula is C21H22N6O3. The molecular weight excluding hydrogens is 384 g/mol. The molecule has 4 rings (SSSR count). The van der Waals surface area contributed by atoms with Crippen LogP contribution in [0.5, 0.6) is 0 Å². The van der Waals surface area contributed by atoms with Crippen LogP contribution < -0.4 is 5.32 Å². The van der Waals surface area contributed by atoms with E-state index in [1.165, 1.54) is 0 Å². The molecule has 1 amide bonds. The Morgan fingerprint density at radius 2 is 1.80 bits per heavy atom. The van der Waals surface area contributed by atoms with Gasteiger partial charge in [-0.2, -0.15) is 9.97 Å². The van der Waals surface area contributed by atoms with Crippen molar-refractivity contribution in [2.45, 2.75) is 39.8 Å². The Balaban J connectivity index is 1.29. The first-order chi connectivity index (χ1) is 14.6. The van der Waals surface area contributed by atoms with E-state index in [1.54, 1.807) is 0 Å². The highest BCUT2D eigenvalue weighted by molar-refractivity contribution is 5.75. The Bertz CT molecular complexity index is 1140. The molecule has 0 saturated carbocycles. The van der Waals surface area contributed by atoms with E-state index in [4.69, 9.17) is 9.05 Å². The number of nitrogens with zero attached hydrogens (tertiary/aromatic N) is 5. The Morgan fingerprint density at radius 3 is 2.63 bits per heavy atom. The Morgan fingerprint density at radius 1 is 1.03 bits per heavy atom. The first-order valence-electron chi connectivity index (χ1n) is 9.77. The van der Waals surface area contributed by atoms with Crippen molar-refractivity contribution in [3.05, 3.63) is 59.9 Å². The molecule has 4 aromatic rings. The molecule has 9 nitrogen and oxygen atoms in total. The molecule has 0 aliphatic carbocycles. The normalized spacial score (nSPS) is 11.0. The van der Waals surface area contributed by atoms with Crippen LogP contribution in [0.4, 0.5) is 0 Å². The smallest absolute Gasteiger partial charge is 0.246 e. The second-order valence-electron chi connectivity index (χ2n) is 6.79. The predicted molar refractivity (Wildman–Crippen MR) is 108 cm³/mol. The maximum atomic E-state index is 12.2. The molecule has 0 unspecified atom stereocenters. The minimum absolute atomic E-state index is 0.164. The number of aryl methyl sites for hydroxylation is 3. The zero-order valence-electron chi connectivity index (χ0n) is 16.8. The molecule has 30 heavy (non-hydrogen) atoms. The second kappa shape index (κ2) is 8.73. The number of rotatable bonds is 8. The van der Waals surface area contributed by atoms with Gasteiger partial charge in [0, 0.05) is 31.1 Å². The van der Waals surface area contributed by atoms with Crippen LogP contribution in [0.15, 0.2) is 51.6 Å². The van der Waals surface area contributed by atoms with Crippen LogP contribution in [0.3, 0.4) is 0 Å². The summed E-state index contributed by atoms with van der Waals surface area (Å²) in [7, 11) is 0. The number of hydrogen-bond donors (Lipinski definition) is 1. The number of hydrogen-bond acceptors (Lipinski definition) is 7. The van der Waals surface area contributed by atoms with Gasteiger partial charge in [0.15, 0.2) is 0 Å². The highest BCUT2D eigenvalue weighted by atomic mass is 16.5. The third-order valence-corrected chi connectivity index (χ3v) is 4.72. The summed E-state index contributed by atoms with van der Waals surface area (Å²) >= 11 is 0. The van der Waals surface area contributed by atoms with Gasteiger partial charge in [0.25, 0.3) is 0 Å². The Hall–Kier alpha value is -3.75. The van der Waals surface area contributed by atoms with Gasteiger partial charge < -0.3 is 18.9 Å². The van der Waals surface area contributed by atoms with E-state index >= 15 is 0 Å². The summed E-state index contributed by atoms with van der Waals surface area (Å²) in [4.78, 5) is 20.9. The summed E-state index contributed by atoms with van der Waals surface area (Å²) in [5.41, 5.74) is 2.85. The average Bonchev–Trinajstić information content (AvgIpc) is 3.51. The molecule has 154 valence electrons. The van der Waals surface area contributed by atoms with Crippen molar-refractivity contribution in [2.75, 3.05) is 0 Å². The molecule has 1 aromatic carbocycles. The fourth-order valence-electron chi connectivity index (χ4n) is 3.10. The SMILES string of the molecule is CCn1cccc1-c1noc(CNC(=O)CCc2nc(-c3ccccc3C)no2)n1. The minimum atomic E-state index is -0.165. The second-order valence-corrected chi connectivity index (χ2v) is 6.79. The third-order valence-electron chi connectivity index (χ3n) is 4.72. The maximum absolute atomic E-state index is 12.2. The van der Waals surface area contributed by atoms with Gasteiger partial charge in [-0.1, -0.05) is 34.6 Å². The molecule has 9 heteroatoms. The van der Waals surface area contributed by atoms with E-state index in [0.717, 1.165) is 23.4 Å². The van der Waals surface area contributed by atoms with Crippen molar-refractivity contribution >= 4 is 5.91 Å². The molecule has 0 radical (unpaired) electrons. The number of carbonyl (C=O) groups is 1. The predicted octanol–water partition coefficient (Wildman–Crippen LogP) is 3.17. The van der Waals surface area contributed by atoms with Crippen LogP contribution in [0.1, 0.15) is 30.7 Å². The van der Waals surface area contributed by atoms with E-state index in [1.807, 2.05) is 61.0 Å². The molecule has 0 bridgehead atoms. The molecule has 3 aromatic heterocycles. The molecule has 3 heterocycles. The summed E-state index contributed by atoms with van der Waals surface area (Å²) < 4.78 is 12.5. The van der Waals surface area contributed by atoms with Gasteiger partial charge in [0.2, 0.25) is 29.3 Å². The topological polar surface area (TPSA) is 112 Å². The van der Waals surface area contributed by atoms with Gasteiger partial charge in [-0.05, 0) is 31.5 Å². The molecule has 0 fully saturated rings. The van der Waals surface area contributed by atoms with E-state index in [2.05, 4.69) is 25.6 Å². The van der Waals surface area contributed by atoms with E-state index < -0.39 is 0 Å². The lowest BCUT2D eigenvalue weighted by molar-refractivity contribution is -0.121. The number of nitrogens with one attached hydrogen (secondary N) is 1. The number of benzene rings is 1. The van der Waals surface area contributed by atoms with Crippen LogP contribution in [0.25, 0.3) is 22.9 Å². The zero-order valence-corrected chi connectivity index (χ0v) is 16.8. The van der Waals surface area contributed by atoms with Gasteiger partial charge in [-0.25, -0.2) is 0 Å². The lowest BCUT2D eigenvalue weighted by Gasteiger charge is -2.01. The van der Waals surface area contributed by atoms with Crippen molar-refractivity contribution < 1.29 is 13.8 Å². The van der Waals surface area contributed by atoms with Gasteiger partial charge in [0.05, 0.1) is 12.2 Å². The quantitative estimate of drug-likeness (QED) is 0.478.